The molecule has 170 valence electrons. The molecule has 0 aliphatic carbocycles. The van der Waals surface area contributed by atoms with Gasteiger partial charge < -0.3 is 21.3 Å². The van der Waals surface area contributed by atoms with Crippen LogP contribution in [-0.4, -0.2) is 28.8 Å². The lowest BCUT2D eigenvalue weighted by Crippen LogP contribution is -2.19. The normalized spacial score (nSPS) is 13.0. The number of carbonyl (C=O) groups excluding carboxylic acids is 2. The molecule has 0 saturated carbocycles. The quantitative estimate of drug-likeness (QED) is 0.458. The van der Waals surface area contributed by atoms with Crippen molar-refractivity contribution in [3.63, 3.8) is 0 Å². The summed E-state index contributed by atoms with van der Waals surface area (Å²) in [5.41, 5.74) is 1.66. The van der Waals surface area contributed by atoms with E-state index in [1.807, 2.05) is 0 Å². The van der Waals surface area contributed by atoms with Crippen LogP contribution < -0.4 is 21.3 Å². The van der Waals surface area contributed by atoms with Gasteiger partial charge in [0, 0.05) is 42.3 Å². The van der Waals surface area contributed by atoms with E-state index in [9.17, 15) is 22.8 Å². The third-order valence-electron chi connectivity index (χ3n) is 4.97. The number of hydrogen-bond acceptors (Lipinski definition) is 6. The molecule has 4 rings (SSSR count). The minimum Gasteiger partial charge on any atom is -0.355 e. The number of aryl methyl sites for hydroxylation is 1. The lowest BCUT2D eigenvalue weighted by atomic mass is 10.0. The molecule has 0 atom stereocenters. The van der Waals surface area contributed by atoms with E-state index >= 15 is 0 Å². The van der Waals surface area contributed by atoms with Crippen molar-refractivity contribution in [2.24, 2.45) is 0 Å². The molecule has 1 aliphatic rings. The fourth-order valence-corrected chi connectivity index (χ4v) is 3.35. The van der Waals surface area contributed by atoms with E-state index in [1.54, 1.807) is 30.3 Å². The van der Waals surface area contributed by atoms with Gasteiger partial charge in [0.1, 0.15) is 11.4 Å². The van der Waals surface area contributed by atoms with Gasteiger partial charge in [-0.05, 0) is 48.4 Å². The zero-order valence-electron chi connectivity index (χ0n) is 17.4. The maximum Gasteiger partial charge on any atom is 0.421 e. The monoisotopic (exact) mass is 456 g/mol. The van der Waals surface area contributed by atoms with Gasteiger partial charge in [0.05, 0.1) is 0 Å². The van der Waals surface area contributed by atoms with E-state index in [2.05, 4.69) is 31.2 Å². The summed E-state index contributed by atoms with van der Waals surface area (Å²) >= 11 is 0. The molecule has 0 bridgehead atoms. The Morgan fingerprint density at radius 3 is 2.61 bits per heavy atom. The molecule has 8 nitrogen and oxygen atoms in total. The first-order chi connectivity index (χ1) is 15.7. The van der Waals surface area contributed by atoms with Crippen molar-refractivity contribution in [1.82, 2.24) is 15.3 Å². The molecule has 1 aromatic heterocycles. The van der Waals surface area contributed by atoms with Crippen molar-refractivity contribution in [3.8, 4) is 0 Å². The summed E-state index contributed by atoms with van der Waals surface area (Å²) in [6, 6.07) is 11.2. The molecule has 33 heavy (non-hydrogen) atoms. The Kier molecular flexibility index (Phi) is 5.86. The van der Waals surface area contributed by atoms with Crippen LogP contribution in [0, 0.1) is 0 Å². The number of nitrogens with one attached hydrogen (secondary N) is 4. The summed E-state index contributed by atoms with van der Waals surface area (Å²) in [6.45, 7) is 0. The van der Waals surface area contributed by atoms with E-state index in [0.29, 0.717) is 30.4 Å². The van der Waals surface area contributed by atoms with Gasteiger partial charge in [-0.2, -0.15) is 18.2 Å². The molecule has 3 aromatic rings. The third-order valence-corrected chi connectivity index (χ3v) is 4.97. The maximum atomic E-state index is 13.6. The molecule has 1 aliphatic heterocycles. The average molecular weight is 456 g/mol. The summed E-state index contributed by atoms with van der Waals surface area (Å²) in [6.07, 6.45) is -3.09. The first-order valence-electron chi connectivity index (χ1n) is 9.96. The van der Waals surface area contributed by atoms with Crippen LogP contribution in [0.25, 0.3) is 0 Å². The van der Waals surface area contributed by atoms with E-state index in [-0.39, 0.29) is 29.0 Å². The lowest BCUT2D eigenvalue weighted by molar-refractivity contribution is -0.137. The molecule has 4 N–H and O–H groups in total. The average Bonchev–Trinajstić information content (AvgIpc) is 2.78. The highest BCUT2D eigenvalue weighted by Crippen LogP contribution is 2.35. The molecule has 2 heterocycles. The summed E-state index contributed by atoms with van der Waals surface area (Å²) in [7, 11) is 1.46. The molecule has 2 amide bonds. The summed E-state index contributed by atoms with van der Waals surface area (Å²) in [4.78, 5) is 31.2. The van der Waals surface area contributed by atoms with Crippen molar-refractivity contribution < 1.29 is 22.8 Å². The first kappa shape index (κ1) is 22.1. The number of nitrogens with zero attached hydrogens (tertiary/aromatic N) is 2. The van der Waals surface area contributed by atoms with Crippen LogP contribution in [0.4, 0.5) is 42.0 Å². The Labute approximate surface area is 186 Å². The second kappa shape index (κ2) is 8.77. The van der Waals surface area contributed by atoms with E-state index in [1.165, 1.54) is 19.2 Å². The number of anilines is 5. The predicted molar refractivity (Wildman–Crippen MR) is 117 cm³/mol. The van der Waals surface area contributed by atoms with Crippen LogP contribution in [0.15, 0.2) is 48.7 Å². The van der Waals surface area contributed by atoms with Gasteiger partial charge in [-0.1, -0.05) is 6.07 Å². The van der Waals surface area contributed by atoms with Crippen LogP contribution in [0.3, 0.4) is 0 Å². The standard InChI is InChI=1S/C22H19F3N6O2/c1-26-20(33)13-3-2-4-14(10-13)28-19-16(22(23,24)25)11-27-21(31-19)29-15-6-7-17-12(9-15)5-8-18(32)30-17/h2-4,6-7,9-11H,5,8H2,1H3,(H,26,33)(H,30,32)(H2,27,28,29,31). The largest absolute Gasteiger partial charge is 0.421 e. The summed E-state index contributed by atoms with van der Waals surface area (Å²) in [5.74, 6) is -0.944. The Balaban J connectivity index is 1.63. The number of aromatic nitrogens is 2. The first-order valence-corrected chi connectivity index (χ1v) is 9.96. The minimum atomic E-state index is -4.69. The Hall–Kier alpha value is -4.15. The van der Waals surface area contributed by atoms with E-state index in [4.69, 9.17) is 0 Å². The predicted octanol–water partition coefficient (Wildman–Crippen LogP) is 4.23. The molecule has 0 spiro atoms. The Morgan fingerprint density at radius 2 is 1.85 bits per heavy atom. The molecular weight excluding hydrogens is 437 g/mol. The highest BCUT2D eigenvalue weighted by atomic mass is 19.4. The van der Waals surface area contributed by atoms with Crippen molar-refractivity contribution in [1.29, 1.82) is 0 Å². The number of fused-ring (bicyclic) bond motifs is 1. The van der Waals surface area contributed by atoms with Gasteiger partial charge in [0.2, 0.25) is 11.9 Å². The summed E-state index contributed by atoms with van der Waals surface area (Å²) < 4.78 is 40.7. The number of amides is 2. The van der Waals surface area contributed by atoms with Gasteiger partial charge in [-0.25, -0.2) is 4.98 Å². The summed E-state index contributed by atoms with van der Waals surface area (Å²) in [5, 5.41) is 10.8. The van der Waals surface area contributed by atoms with Crippen molar-refractivity contribution in [2.45, 2.75) is 19.0 Å². The van der Waals surface area contributed by atoms with E-state index in [0.717, 1.165) is 5.56 Å². The SMILES string of the molecule is CNC(=O)c1cccc(Nc2nc(Nc3ccc4c(c3)CCC(=O)N4)ncc2C(F)(F)F)c1. The van der Waals surface area contributed by atoms with Crippen LogP contribution in [0.2, 0.25) is 0 Å². The molecular formula is C22H19F3N6O2. The molecule has 11 heteroatoms. The topological polar surface area (TPSA) is 108 Å². The van der Waals surface area contributed by atoms with Gasteiger partial charge in [0.15, 0.2) is 0 Å². The highest BCUT2D eigenvalue weighted by molar-refractivity contribution is 5.95. The highest BCUT2D eigenvalue weighted by Gasteiger charge is 2.35. The second-order valence-corrected chi connectivity index (χ2v) is 7.28. The van der Waals surface area contributed by atoms with Crippen LogP contribution in [0.1, 0.15) is 27.9 Å². The van der Waals surface area contributed by atoms with Crippen molar-refractivity contribution in [3.05, 3.63) is 65.4 Å². The smallest absolute Gasteiger partial charge is 0.355 e. The van der Waals surface area contributed by atoms with E-state index < -0.39 is 17.6 Å². The van der Waals surface area contributed by atoms with Crippen molar-refractivity contribution >= 4 is 40.6 Å². The maximum absolute atomic E-state index is 13.6. The molecule has 2 aromatic carbocycles. The zero-order valence-corrected chi connectivity index (χ0v) is 17.4. The zero-order chi connectivity index (χ0) is 23.6. The van der Waals surface area contributed by atoms with Gasteiger partial charge in [-0.15, -0.1) is 0 Å². The van der Waals surface area contributed by atoms with Gasteiger partial charge >= 0.3 is 6.18 Å². The molecule has 0 radical (unpaired) electrons. The number of benzene rings is 2. The molecule has 0 saturated heterocycles. The number of carbonyl (C=O) groups is 2. The van der Waals surface area contributed by atoms with Crippen LogP contribution >= 0.6 is 0 Å². The lowest BCUT2D eigenvalue weighted by Gasteiger charge is -2.18. The second-order valence-electron chi connectivity index (χ2n) is 7.28. The number of rotatable bonds is 5. The van der Waals surface area contributed by atoms with Gasteiger partial charge in [0.25, 0.3) is 5.91 Å². The fraction of sp³-hybridized carbons (Fsp3) is 0.182. The Bertz CT molecular complexity index is 1230. The number of alkyl halides is 3. The van der Waals surface area contributed by atoms with Crippen LogP contribution in [0.5, 0.6) is 0 Å². The minimum absolute atomic E-state index is 0.0484. The van der Waals surface area contributed by atoms with Crippen LogP contribution in [-0.2, 0) is 17.4 Å². The Morgan fingerprint density at radius 1 is 1.06 bits per heavy atom. The third kappa shape index (κ3) is 5.03. The number of hydrogen-bond donors (Lipinski definition) is 4. The number of halogens is 3. The fourth-order valence-electron chi connectivity index (χ4n) is 3.35. The molecule has 0 unspecified atom stereocenters. The van der Waals surface area contributed by atoms with Crippen molar-refractivity contribution in [2.75, 3.05) is 23.0 Å². The van der Waals surface area contributed by atoms with Gasteiger partial charge in [-0.3, -0.25) is 9.59 Å². The molecule has 0 fully saturated rings.